The van der Waals surface area contributed by atoms with E-state index in [2.05, 4.69) is 15.9 Å². The summed E-state index contributed by atoms with van der Waals surface area (Å²) >= 11 is 9.67. The Morgan fingerprint density at radius 1 is 1.00 bits per heavy atom. The van der Waals surface area contributed by atoms with Gasteiger partial charge in [-0.15, -0.1) is 0 Å². The zero-order valence-electron chi connectivity index (χ0n) is 11.1. The molecule has 0 aliphatic carbocycles. The lowest BCUT2D eigenvalue weighted by atomic mass is 9.97. The predicted octanol–water partition coefficient (Wildman–Crippen LogP) is 5.89. The van der Waals surface area contributed by atoms with Gasteiger partial charge in [0, 0.05) is 5.02 Å². The molecule has 0 aliphatic rings. The van der Waals surface area contributed by atoms with Crippen molar-refractivity contribution in [3.8, 4) is 0 Å². The molecule has 0 spiro atoms. The lowest BCUT2D eigenvalue weighted by Gasteiger charge is -2.16. The molecule has 0 N–H and O–H groups in total. The monoisotopic (exact) mass is 340 g/mol. The second-order valence-corrected chi connectivity index (χ2v) is 6.18. The van der Waals surface area contributed by atoms with Crippen molar-refractivity contribution in [2.24, 2.45) is 0 Å². The van der Waals surface area contributed by atoms with Gasteiger partial charge in [0.25, 0.3) is 0 Å². The van der Waals surface area contributed by atoms with Crippen molar-refractivity contribution in [1.82, 2.24) is 0 Å². The van der Waals surface area contributed by atoms with Gasteiger partial charge < -0.3 is 0 Å². The molecule has 1 atom stereocenters. The minimum Gasteiger partial charge on any atom is -0.206 e. The zero-order chi connectivity index (χ0) is 14.2. The smallest absolute Gasteiger partial charge is 0.129 e. The Kier molecular flexibility index (Phi) is 4.32. The molecular formula is C16H15BrClF. The Hall–Kier alpha value is -0.860. The molecule has 0 heterocycles. The third-order valence-electron chi connectivity index (χ3n) is 3.26. The van der Waals surface area contributed by atoms with Crippen LogP contribution in [0.4, 0.5) is 4.39 Å². The van der Waals surface area contributed by atoms with Gasteiger partial charge in [0.1, 0.15) is 5.82 Å². The van der Waals surface area contributed by atoms with Crippen molar-refractivity contribution in [2.75, 3.05) is 0 Å². The van der Waals surface area contributed by atoms with Crippen molar-refractivity contribution < 1.29 is 4.39 Å². The number of benzene rings is 2. The molecule has 3 heteroatoms. The normalized spacial score (nSPS) is 12.5. The Bertz CT molecular complexity index is 599. The Morgan fingerprint density at radius 3 is 2.11 bits per heavy atom. The summed E-state index contributed by atoms with van der Waals surface area (Å²) in [6, 6.07) is 9.59. The van der Waals surface area contributed by atoms with Gasteiger partial charge in [-0.25, -0.2) is 4.39 Å². The highest BCUT2D eigenvalue weighted by Gasteiger charge is 2.15. The van der Waals surface area contributed by atoms with E-state index in [0.29, 0.717) is 11.1 Å². The number of halogens is 3. The SMILES string of the molecule is Cc1cc(Cl)ccc1C(Br)c1cc(C)c(F)c(C)c1. The van der Waals surface area contributed by atoms with E-state index in [0.717, 1.165) is 21.7 Å². The van der Waals surface area contributed by atoms with Crippen molar-refractivity contribution >= 4 is 27.5 Å². The fourth-order valence-corrected chi connectivity index (χ4v) is 3.23. The van der Waals surface area contributed by atoms with Gasteiger partial charge in [0.2, 0.25) is 0 Å². The largest absolute Gasteiger partial charge is 0.206 e. The van der Waals surface area contributed by atoms with Gasteiger partial charge in [0.15, 0.2) is 0 Å². The molecule has 0 bridgehead atoms. The van der Waals surface area contributed by atoms with Gasteiger partial charge in [-0.2, -0.15) is 0 Å². The number of rotatable bonds is 2. The summed E-state index contributed by atoms with van der Waals surface area (Å²) < 4.78 is 13.7. The summed E-state index contributed by atoms with van der Waals surface area (Å²) in [5, 5.41) is 0.729. The van der Waals surface area contributed by atoms with E-state index >= 15 is 0 Å². The molecule has 0 fully saturated rings. The van der Waals surface area contributed by atoms with Crippen LogP contribution in [0.25, 0.3) is 0 Å². The van der Waals surface area contributed by atoms with E-state index < -0.39 is 0 Å². The summed E-state index contributed by atoms with van der Waals surface area (Å²) in [7, 11) is 0. The van der Waals surface area contributed by atoms with E-state index in [1.54, 1.807) is 13.8 Å². The summed E-state index contributed by atoms with van der Waals surface area (Å²) in [5.41, 5.74) is 4.67. The minimum atomic E-state index is -0.128. The van der Waals surface area contributed by atoms with Crippen molar-refractivity contribution in [3.05, 3.63) is 69.0 Å². The van der Waals surface area contributed by atoms with Gasteiger partial charge >= 0.3 is 0 Å². The standard InChI is InChI=1S/C16H15BrClF/c1-9-8-13(18)4-5-14(9)15(17)12-6-10(2)16(19)11(3)7-12/h4-8,15H,1-3H3. The molecule has 0 radical (unpaired) electrons. The van der Waals surface area contributed by atoms with Crippen molar-refractivity contribution in [2.45, 2.75) is 25.6 Å². The lowest BCUT2D eigenvalue weighted by Crippen LogP contribution is -1.99. The van der Waals surface area contributed by atoms with Crippen molar-refractivity contribution in [3.63, 3.8) is 0 Å². The first-order valence-corrected chi connectivity index (χ1v) is 7.36. The molecule has 1 unspecified atom stereocenters. The molecule has 0 amide bonds. The van der Waals surface area contributed by atoms with E-state index in [4.69, 9.17) is 11.6 Å². The van der Waals surface area contributed by atoms with E-state index in [1.807, 2.05) is 37.3 Å². The number of hydrogen-bond donors (Lipinski definition) is 0. The second kappa shape index (κ2) is 5.64. The first-order chi connectivity index (χ1) is 8.90. The number of hydrogen-bond acceptors (Lipinski definition) is 0. The second-order valence-electron chi connectivity index (χ2n) is 4.83. The highest BCUT2D eigenvalue weighted by molar-refractivity contribution is 9.09. The molecular weight excluding hydrogens is 327 g/mol. The Labute approximate surface area is 126 Å². The highest BCUT2D eigenvalue weighted by atomic mass is 79.9. The van der Waals surface area contributed by atoms with Crippen LogP contribution in [0.5, 0.6) is 0 Å². The van der Waals surface area contributed by atoms with E-state index in [-0.39, 0.29) is 10.6 Å². The summed E-state index contributed by atoms with van der Waals surface area (Å²) in [5.74, 6) is -0.128. The minimum absolute atomic E-state index is 0.0442. The van der Waals surface area contributed by atoms with Crippen LogP contribution in [0.2, 0.25) is 5.02 Å². The van der Waals surface area contributed by atoms with Gasteiger partial charge in [-0.1, -0.05) is 45.7 Å². The fourth-order valence-electron chi connectivity index (χ4n) is 2.23. The molecule has 19 heavy (non-hydrogen) atoms. The number of aryl methyl sites for hydroxylation is 3. The van der Waals surface area contributed by atoms with Gasteiger partial charge in [0.05, 0.1) is 4.83 Å². The molecule has 0 saturated carbocycles. The summed E-state index contributed by atoms with van der Waals surface area (Å²) in [6.07, 6.45) is 0. The predicted molar refractivity (Wildman–Crippen MR) is 82.8 cm³/mol. The van der Waals surface area contributed by atoms with Crippen molar-refractivity contribution in [1.29, 1.82) is 0 Å². The Morgan fingerprint density at radius 2 is 1.58 bits per heavy atom. The van der Waals surface area contributed by atoms with Gasteiger partial charge in [-0.05, 0) is 60.7 Å². The third-order valence-corrected chi connectivity index (χ3v) is 4.51. The Balaban J connectivity index is 2.47. The highest BCUT2D eigenvalue weighted by Crippen LogP contribution is 2.35. The van der Waals surface area contributed by atoms with Crippen LogP contribution in [0.15, 0.2) is 30.3 Å². The fraction of sp³-hybridized carbons (Fsp3) is 0.250. The molecule has 100 valence electrons. The van der Waals surface area contributed by atoms with Crippen LogP contribution in [-0.4, -0.2) is 0 Å². The molecule has 2 rings (SSSR count). The average Bonchev–Trinajstić information content (AvgIpc) is 2.34. The lowest BCUT2D eigenvalue weighted by molar-refractivity contribution is 0.608. The summed E-state index contributed by atoms with van der Waals surface area (Å²) in [6.45, 7) is 5.61. The van der Waals surface area contributed by atoms with Crippen LogP contribution in [0.1, 0.15) is 32.6 Å². The zero-order valence-corrected chi connectivity index (χ0v) is 13.4. The van der Waals surface area contributed by atoms with E-state index in [9.17, 15) is 4.39 Å². The quantitative estimate of drug-likeness (QED) is 0.598. The molecule has 0 nitrogen and oxygen atoms in total. The average molecular weight is 342 g/mol. The van der Waals surface area contributed by atoms with Crippen LogP contribution >= 0.6 is 27.5 Å². The first kappa shape index (κ1) is 14.5. The topological polar surface area (TPSA) is 0 Å². The maximum atomic E-state index is 13.7. The molecule has 2 aromatic rings. The van der Waals surface area contributed by atoms with Crippen LogP contribution in [0.3, 0.4) is 0 Å². The maximum Gasteiger partial charge on any atom is 0.129 e. The molecule has 2 aromatic carbocycles. The third kappa shape index (κ3) is 3.01. The van der Waals surface area contributed by atoms with Crippen LogP contribution in [0, 0.1) is 26.6 Å². The van der Waals surface area contributed by atoms with Crippen LogP contribution < -0.4 is 0 Å². The van der Waals surface area contributed by atoms with E-state index in [1.165, 1.54) is 0 Å². The first-order valence-electron chi connectivity index (χ1n) is 6.07. The van der Waals surface area contributed by atoms with Crippen LogP contribution in [-0.2, 0) is 0 Å². The molecule has 0 aliphatic heterocycles. The molecule has 0 aromatic heterocycles. The summed E-state index contributed by atoms with van der Waals surface area (Å²) in [4.78, 5) is 0.0442. The molecule has 0 saturated heterocycles. The maximum absolute atomic E-state index is 13.7. The number of alkyl halides is 1. The van der Waals surface area contributed by atoms with Gasteiger partial charge in [-0.3, -0.25) is 0 Å².